The quantitative estimate of drug-likeness (QED) is 0.384. The summed E-state index contributed by atoms with van der Waals surface area (Å²) in [7, 11) is 0. The first kappa shape index (κ1) is 18.9. The summed E-state index contributed by atoms with van der Waals surface area (Å²) in [4.78, 5) is 22.0. The standard InChI is InChI=1S/C10H16O4.Li.Na.2H/c1-10(8(11)12,9(13)14)7-5-3-2-4-6-7;;;;/h7H,2-6H2,1H3,(H,11,12)(H,13,14);;;;/q;2*+1;2*-1. The van der Waals surface area contributed by atoms with Crippen LogP contribution < -0.4 is 48.4 Å². The van der Waals surface area contributed by atoms with Gasteiger partial charge in [0.15, 0.2) is 5.41 Å². The molecule has 16 heavy (non-hydrogen) atoms. The van der Waals surface area contributed by atoms with E-state index in [9.17, 15) is 9.59 Å². The van der Waals surface area contributed by atoms with Crippen LogP contribution in [0.3, 0.4) is 0 Å². The van der Waals surface area contributed by atoms with Gasteiger partial charge in [-0.25, -0.2) is 0 Å². The molecule has 0 heterocycles. The third kappa shape index (κ3) is 3.78. The van der Waals surface area contributed by atoms with Gasteiger partial charge < -0.3 is 13.1 Å². The Morgan fingerprint density at radius 1 is 1.12 bits per heavy atom. The molecule has 0 atom stereocenters. The second-order valence-electron chi connectivity index (χ2n) is 4.15. The fourth-order valence-corrected chi connectivity index (χ4v) is 2.12. The van der Waals surface area contributed by atoms with Crippen LogP contribution >= 0.6 is 0 Å². The van der Waals surface area contributed by atoms with Crippen molar-refractivity contribution < 1.29 is 71.1 Å². The van der Waals surface area contributed by atoms with Crippen LogP contribution in [-0.4, -0.2) is 22.2 Å². The van der Waals surface area contributed by atoms with Gasteiger partial charge in [-0.2, -0.15) is 0 Å². The smallest absolute Gasteiger partial charge is 1.00 e. The van der Waals surface area contributed by atoms with Crippen molar-refractivity contribution in [2.45, 2.75) is 39.0 Å². The van der Waals surface area contributed by atoms with Gasteiger partial charge >= 0.3 is 60.4 Å². The van der Waals surface area contributed by atoms with Gasteiger partial charge in [0.05, 0.1) is 0 Å². The largest absolute Gasteiger partial charge is 1.00 e. The molecule has 2 N–H and O–H groups in total. The van der Waals surface area contributed by atoms with E-state index >= 15 is 0 Å². The van der Waals surface area contributed by atoms with Gasteiger partial charge in [0.2, 0.25) is 0 Å². The minimum Gasteiger partial charge on any atom is -1.00 e. The Labute approximate surface area is 133 Å². The van der Waals surface area contributed by atoms with Gasteiger partial charge in [0, 0.05) is 0 Å². The van der Waals surface area contributed by atoms with Gasteiger partial charge in [-0.15, -0.1) is 0 Å². The number of hydrogen-bond acceptors (Lipinski definition) is 2. The van der Waals surface area contributed by atoms with E-state index in [2.05, 4.69) is 0 Å². The molecule has 0 saturated heterocycles. The van der Waals surface area contributed by atoms with E-state index in [1.54, 1.807) is 0 Å². The van der Waals surface area contributed by atoms with E-state index in [1.165, 1.54) is 6.92 Å². The topological polar surface area (TPSA) is 74.6 Å². The zero-order chi connectivity index (χ0) is 10.8. The van der Waals surface area contributed by atoms with Crippen molar-refractivity contribution >= 4 is 11.9 Å². The summed E-state index contributed by atoms with van der Waals surface area (Å²) < 4.78 is 0. The predicted molar refractivity (Wildman–Crippen MR) is 52.2 cm³/mol. The fraction of sp³-hybridized carbons (Fsp3) is 0.800. The molecule has 1 aliphatic rings. The normalized spacial score (nSPS) is 16.8. The SMILES string of the molecule is CC(C(=O)O)(C(=O)O)C1CCCCC1.[H-].[H-].[Li+].[Na+]. The van der Waals surface area contributed by atoms with Gasteiger partial charge in [0.1, 0.15) is 0 Å². The van der Waals surface area contributed by atoms with Crippen LogP contribution in [0.1, 0.15) is 41.9 Å². The second-order valence-corrected chi connectivity index (χ2v) is 4.15. The molecule has 1 aliphatic carbocycles. The average molecular weight is 232 g/mol. The minimum atomic E-state index is -1.60. The Morgan fingerprint density at radius 3 is 1.81 bits per heavy atom. The Bertz CT molecular complexity index is 246. The summed E-state index contributed by atoms with van der Waals surface area (Å²) in [6, 6.07) is 0. The van der Waals surface area contributed by atoms with Crippen LogP contribution in [0.5, 0.6) is 0 Å². The molecule has 1 rings (SSSR count). The molecule has 4 nitrogen and oxygen atoms in total. The van der Waals surface area contributed by atoms with Crippen LogP contribution in [-0.2, 0) is 9.59 Å². The van der Waals surface area contributed by atoms with E-state index in [0.717, 1.165) is 32.1 Å². The van der Waals surface area contributed by atoms with Crippen molar-refractivity contribution in [2.75, 3.05) is 0 Å². The number of carboxylic acids is 2. The van der Waals surface area contributed by atoms with Crippen molar-refractivity contribution in [3.8, 4) is 0 Å². The first-order valence-corrected chi connectivity index (χ1v) is 4.96. The van der Waals surface area contributed by atoms with E-state index in [4.69, 9.17) is 10.2 Å². The Morgan fingerprint density at radius 2 is 1.50 bits per heavy atom. The van der Waals surface area contributed by atoms with Crippen LogP contribution in [0, 0.1) is 11.3 Å². The molecule has 0 aromatic carbocycles. The molecule has 0 bridgehead atoms. The molecule has 0 aliphatic heterocycles. The average Bonchev–Trinajstić information content (AvgIpc) is 2.17. The summed E-state index contributed by atoms with van der Waals surface area (Å²) in [6.07, 6.45) is 4.41. The van der Waals surface area contributed by atoms with Gasteiger partial charge in [-0.1, -0.05) is 19.3 Å². The van der Waals surface area contributed by atoms with E-state index in [0.29, 0.717) is 0 Å². The van der Waals surface area contributed by atoms with E-state index in [-0.39, 0.29) is 57.2 Å². The summed E-state index contributed by atoms with van der Waals surface area (Å²) in [5, 5.41) is 17.9. The van der Waals surface area contributed by atoms with E-state index in [1.807, 2.05) is 0 Å². The van der Waals surface area contributed by atoms with E-state index < -0.39 is 17.4 Å². The maximum Gasteiger partial charge on any atom is 1.00 e. The van der Waals surface area contributed by atoms with Gasteiger partial charge in [-0.3, -0.25) is 9.59 Å². The van der Waals surface area contributed by atoms with Crippen molar-refractivity contribution in [1.29, 1.82) is 0 Å². The number of rotatable bonds is 3. The Hall–Kier alpha value is 0.537. The molecule has 6 heteroatoms. The summed E-state index contributed by atoms with van der Waals surface area (Å²) in [6.45, 7) is 1.33. The zero-order valence-electron chi connectivity index (χ0n) is 12.3. The maximum absolute atomic E-state index is 11.0. The maximum atomic E-state index is 11.0. The molecule has 0 aromatic rings. The Balaban J connectivity index is -0.000000245. The molecular formula is C10H18LiNaO4. The Kier molecular flexibility index (Phi) is 9.19. The van der Waals surface area contributed by atoms with Gasteiger partial charge in [0.25, 0.3) is 0 Å². The number of hydrogen-bond donors (Lipinski definition) is 2. The van der Waals surface area contributed by atoms with Crippen molar-refractivity contribution in [3.05, 3.63) is 0 Å². The van der Waals surface area contributed by atoms with Crippen molar-refractivity contribution in [3.63, 3.8) is 0 Å². The van der Waals surface area contributed by atoms with Crippen LogP contribution in [0.4, 0.5) is 0 Å². The molecule has 0 amide bonds. The molecule has 0 radical (unpaired) electrons. The van der Waals surface area contributed by atoms with Crippen LogP contribution in [0.2, 0.25) is 0 Å². The number of aliphatic carboxylic acids is 2. The summed E-state index contributed by atoms with van der Waals surface area (Å²) >= 11 is 0. The fourth-order valence-electron chi connectivity index (χ4n) is 2.12. The van der Waals surface area contributed by atoms with Crippen molar-refractivity contribution in [1.82, 2.24) is 0 Å². The summed E-state index contributed by atoms with van der Waals surface area (Å²) in [5.74, 6) is -2.64. The minimum absolute atomic E-state index is 0. The first-order chi connectivity index (χ1) is 6.49. The second kappa shape index (κ2) is 7.79. The first-order valence-electron chi connectivity index (χ1n) is 4.96. The summed E-state index contributed by atoms with van der Waals surface area (Å²) in [5.41, 5.74) is -1.60. The van der Waals surface area contributed by atoms with Crippen molar-refractivity contribution in [2.24, 2.45) is 11.3 Å². The molecule has 0 spiro atoms. The molecule has 0 unspecified atom stereocenters. The third-order valence-electron chi connectivity index (χ3n) is 3.31. The molecule has 0 aromatic heterocycles. The number of carbonyl (C=O) groups is 2. The molecule has 1 saturated carbocycles. The predicted octanol–water partition coefficient (Wildman–Crippen LogP) is -4.02. The van der Waals surface area contributed by atoms with Gasteiger partial charge in [-0.05, 0) is 25.7 Å². The number of carboxylic acid groups (broad SMARTS) is 2. The molecular weight excluding hydrogens is 214 g/mol. The third-order valence-corrected chi connectivity index (χ3v) is 3.31. The zero-order valence-corrected chi connectivity index (χ0v) is 12.3. The molecule has 84 valence electrons. The molecule has 1 fully saturated rings. The monoisotopic (exact) mass is 232 g/mol. The van der Waals surface area contributed by atoms with Crippen LogP contribution in [0.25, 0.3) is 0 Å². The van der Waals surface area contributed by atoms with Crippen LogP contribution in [0.15, 0.2) is 0 Å².